The summed E-state index contributed by atoms with van der Waals surface area (Å²) in [5, 5.41) is 0. The molecule has 1 aromatic carbocycles. The monoisotopic (exact) mass is 332 g/mol. The van der Waals surface area contributed by atoms with Crippen LogP contribution in [0.3, 0.4) is 0 Å². The Bertz CT molecular complexity index is 537. The molecule has 1 aromatic rings. The summed E-state index contributed by atoms with van der Waals surface area (Å²) in [5.74, 6) is 0. The predicted molar refractivity (Wildman–Crippen MR) is 77.9 cm³/mol. The van der Waals surface area contributed by atoms with Crippen LogP contribution in [0.15, 0.2) is 30.3 Å². The Kier molecular flexibility index (Phi) is 4.65. The average molecular weight is 332 g/mol. The lowest BCUT2D eigenvalue weighted by Crippen LogP contribution is -2.44. The summed E-state index contributed by atoms with van der Waals surface area (Å²) in [6.45, 7) is 0.995. The van der Waals surface area contributed by atoms with Crippen molar-refractivity contribution in [2.45, 2.75) is 6.42 Å². The van der Waals surface area contributed by atoms with Gasteiger partial charge in [-0.25, -0.2) is 0 Å². The van der Waals surface area contributed by atoms with Crippen LogP contribution in [0.2, 0.25) is 0 Å². The third-order valence-corrected chi connectivity index (χ3v) is 6.22. The molecule has 0 unspecified atom stereocenters. The van der Waals surface area contributed by atoms with Crippen LogP contribution in [-0.2, 0) is 33.6 Å². The summed E-state index contributed by atoms with van der Waals surface area (Å²) in [6, 6.07) is 9.80. The number of aryl methyl sites for hydroxylation is 1. The van der Waals surface area contributed by atoms with Gasteiger partial charge >= 0.3 is 15.9 Å². The van der Waals surface area contributed by atoms with Crippen molar-refractivity contribution in [3.63, 3.8) is 0 Å². The topological polar surface area (TPSA) is 71.1 Å². The van der Waals surface area contributed by atoms with Crippen LogP contribution in [0.25, 0.3) is 0 Å². The highest BCUT2D eigenvalue weighted by Crippen LogP contribution is 2.55. The second-order valence-corrected chi connectivity index (χ2v) is 8.71. The highest BCUT2D eigenvalue weighted by atomic mass is 31.2. The third kappa shape index (κ3) is 3.84. The molecule has 0 aliphatic carbocycles. The largest absolute Gasteiger partial charge is 0.331 e. The first kappa shape index (κ1) is 15.4. The van der Waals surface area contributed by atoms with Crippen LogP contribution in [0.4, 0.5) is 0 Å². The van der Waals surface area contributed by atoms with Crippen LogP contribution in [-0.4, -0.2) is 32.6 Å². The number of rotatable bonds is 3. The van der Waals surface area contributed by atoms with E-state index in [-0.39, 0.29) is 26.4 Å². The van der Waals surface area contributed by atoms with Crippen LogP contribution in [0, 0.1) is 5.41 Å². The molecule has 0 radical (unpaired) electrons. The van der Waals surface area contributed by atoms with Gasteiger partial charge in [0, 0.05) is 0 Å². The van der Waals surface area contributed by atoms with E-state index >= 15 is 0 Å². The van der Waals surface area contributed by atoms with E-state index in [1.54, 1.807) is 0 Å². The van der Waals surface area contributed by atoms with E-state index in [4.69, 9.17) is 18.1 Å². The van der Waals surface area contributed by atoms with Crippen molar-refractivity contribution in [2.75, 3.05) is 32.6 Å². The molecule has 2 fully saturated rings. The first-order valence-electron chi connectivity index (χ1n) is 6.81. The number of hydrogen-bond donors (Lipinski definition) is 0. The van der Waals surface area contributed by atoms with Gasteiger partial charge < -0.3 is 18.1 Å². The average Bonchev–Trinajstić information content (AvgIpc) is 2.53. The summed E-state index contributed by atoms with van der Waals surface area (Å²) in [4.78, 5) is 0. The molecular weight excluding hydrogens is 314 g/mol. The lowest BCUT2D eigenvalue weighted by atomic mass is 9.93. The van der Waals surface area contributed by atoms with E-state index in [1.165, 1.54) is 0 Å². The summed E-state index contributed by atoms with van der Waals surface area (Å²) in [5.41, 5.74) is 0.613. The molecule has 21 heavy (non-hydrogen) atoms. The van der Waals surface area contributed by atoms with Gasteiger partial charge in [-0.05, 0) is 12.0 Å². The summed E-state index contributed by atoms with van der Waals surface area (Å²) >= 11 is 0. The molecule has 8 heteroatoms. The fourth-order valence-electron chi connectivity index (χ4n) is 2.26. The van der Waals surface area contributed by atoms with Gasteiger partial charge in [-0.3, -0.25) is 9.13 Å². The Balaban J connectivity index is 1.54. The van der Waals surface area contributed by atoms with E-state index in [9.17, 15) is 9.13 Å². The minimum absolute atomic E-state index is 0.244. The Hall–Kier alpha value is -0.480. The van der Waals surface area contributed by atoms with Gasteiger partial charge in [0.1, 0.15) is 0 Å². The van der Waals surface area contributed by atoms with E-state index < -0.39 is 21.3 Å². The number of hydrogen-bond acceptors (Lipinski definition) is 6. The van der Waals surface area contributed by atoms with Crippen molar-refractivity contribution in [1.82, 2.24) is 0 Å². The summed E-state index contributed by atoms with van der Waals surface area (Å²) in [6.07, 6.45) is 0.997. The van der Waals surface area contributed by atoms with Gasteiger partial charge in [-0.2, -0.15) is 0 Å². The Labute approximate surface area is 124 Å². The molecular formula is C13H18O6P2. The van der Waals surface area contributed by atoms with Gasteiger partial charge in [-0.1, -0.05) is 30.3 Å². The molecule has 0 atom stereocenters. The lowest BCUT2D eigenvalue weighted by molar-refractivity contribution is -0.0634. The summed E-state index contributed by atoms with van der Waals surface area (Å²) < 4.78 is 44.7. The molecule has 0 amide bonds. The fraction of sp³-hybridized carbons (Fsp3) is 0.538. The maximum atomic E-state index is 12.5. The first-order chi connectivity index (χ1) is 10.1. The predicted octanol–water partition coefficient (Wildman–Crippen LogP) is 2.89. The minimum Gasteiger partial charge on any atom is -0.310 e. The molecule has 0 saturated carbocycles. The van der Waals surface area contributed by atoms with Crippen LogP contribution in [0.1, 0.15) is 5.56 Å². The third-order valence-electron chi connectivity index (χ3n) is 3.64. The Morgan fingerprint density at radius 2 is 1.67 bits per heavy atom. The van der Waals surface area contributed by atoms with Crippen LogP contribution in [0.5, 0.6) is 0 Å². The Morgan fingerprint density at radius 3 is 2.29 bits per heavy atom. The first-order valence-corrected chi connectivity index (χ1v) is 9.76. The molecule has 116 valence electrons. The van der Waals surface area contributed by atoms with E-state index in [0.29, 0.717) is 12.6 Å². The number of benzene rings is 1. The Morgan fingerprint density at radius 1 is 1.05 bits per heavy atom. The van der Waals surface area contributed by atoms with Crippen LogP contribution < -0.4 is 0 Å². The second kappa shape index (κ2) is 6.33. The fourth-order valence-corrected chi connectivity index (χ4v) is 5.00. The molecule has 0 aromatic heterocycles. The SMILES string of the molecule is O=[PH]1OCC2(CO1)COP(=O)(CCc1ccccc1)OC2. The molecule has 2 saturated heterocycles. The quantitative estimate of drug-likeness (QED) is 0.793. The minimum atomic E-state index is -3.07. The second-order valence-electron chi connectivity index (χ2n) is 5.44. The van der Waals surface area contributed by atoms with Crippen molar-refractivity contribution in [3.8, 4) is 0 Å². The molecule has 0 bridgehead atoms. The zero-order valence-electron chi connectivity index (χ0n) is 11.5. The molecule has 2 heterocycles. The van der Waals surface area contributed by atoms with Crippen molar-refractivity contribution in [2.24, 2.45) is 5.41 Å². The lowest BCUT2D eigenvalue weighted by Gasteiger charge is -2.40. The smallest absolute Gasteiger partial charge is 0.310 e. The van der Waals surface area contributed by atoms with Gasteiger partial charge in [0.25, 0.3) is 0 Å². The van der Waals surface area contributed by atoms with Crippen molar-refractivity contribution >= 4 is 15.9 Å². The van der Waals surface area contributed by atoms with E-state index in [0.717, 1.165) is 5.56 Å². The van der Waals surface area contributed by atoms with Gasteiger partial charge in [-0.15, -0.1) is 0 Å². The van der Waals surface area contributed by atoms with Crippen LogP contribution >= 0.6 is 15.9 Å². The molecule has 6 nitrogen and oxygen atoms in total. The molecule has 3 rings (SSSR count). The highest BCUT2D eigenvalue weighted by Gasteiger charge is 2.45. The molecule has 0 N–H and O–H groups in total. The normalized spacial score (nSPS) is 36.7. The van der Waals surface area contributed by atoms with E-state index in [1.807, 2.05) is 30.3 Å². The van der Waals surface area contributed by atoms with Gasteiger partial charge in [0.2, 0.25) is 0 Å². The maximum Gasteiger partial charge on any atom is 0.331 e. The zero-order chi connectivity index (χ0) is 14.8. The van der Waals surface area contributed by atoms with Gasteiger partial charge in [0.05, 0.1) is 38.0 Å². The van der Waals surface area contributed by atoms with Crippen molar-refractivity contribution < 1.29 is 27.2 Å². The maximum absolute atomic E-state index is 12.5. The van der Waals surface area contributed by atoms with Crippen molar-refractivity contribution in [3.05, 3.63) is 35.9 Å². The zero-order valence-corrected chi connectivity index (χ0v) is 13.4. The molecule has 2 aliphatic heterocycles. The molecule has 2 aliphatic rings. The van der Waals surface area contributed by atoms with Gasteiger partial charge in [0.15, 0.2) is 0 Å². The highest BCUT2D eigenvalue weighted by molar-refractivity contribution is 7.53. The van der Waals surface area contributed by atoms with E-state index in [2.05, 4.69) is 0 Å². The molecule has 1 spiro atoms. The summed E-state index contributed by atoms with van der Waals surface area (Å²) in [7, 11) is -5.44. The van der Waals surface area contributed by atoms with Crippen molar-refractivity contribution in [1.29, 1.82) is 0 Å². The standard InChI is InChI=1S/C13H18O6P2/c14-20-16-8-13(9-17-20)10-18-21(15,19-11-13)7-6-12-4-2-1-3-5-12/h1-5,20H,6-11H2.